The Bertz CT molecular complexity index is 1400. The minimum Gasteiger partial charge on any atom is -0.508 e. The van der Waals surface area contributed by atoms with Gasteiger partial charge in [0.2, 0.25) is 4.80 Å². The summed E-state index contributed by atoms with van der Waals surface area (Å²) < 4.78 is 2.30. The Morgan fingerprint density at radius 3 is 2.23 bits per heavy atom. The first-order valence-corrected chi connectivity index (χ1v) is 10.3. The lowest BCUT2D eigenvalue weighted by molar-refractivity contribution is 0.475. The SMILES string of the molecule is O=c1c(=Cc2ccc(O)cc2)sc2n1[C@@H](c1ccccc1)C(c1ccccc1)=NN=2. The first-order valence-electron chi connectivity index (χ1n) is 9.49. The van der Waals surface area contributed by atoms with Crippen LogP contribution in [0.5, 0.6) is 5.75 Å². The van der Waals surface area contributed by atoms with Gasteiger partial charge in [0.1, 0.15) is 11.8 Å². The second-order valence-corrected chi connectivity index (χ2v) is 7.93. The summed E-state index contributed by atoms with van der Waals surface area (Å²) in [6.45, 7) is 0. The van der Waals surface area contributed by atoms with Gasteiger partial charge in [-0.1, -0.05) is 84.1 Å². The van der Waals surface area contributed by atoms with Crippen molar-refractivity contribution in [2.75, 3.05) is 0 Å². The van der Waals surface area contributed by atoms with Crippen LogP contribution >= 0.6 is 11.3 Å². The van der Waals surface area contributed by atoms with Gasteiger partial charge in [-0.25, -0.2) is 0 Å². The fraction of sp³-hybridized carbons (Fsp3) is 0.0417. The van der Waals surface area contributed by atoms with Crippen LogP contribution in [0.4, 0.5) is 0 Å². The highest BCUT2D eigenvalue weighted by Gasteiger charge is 2.28. The summed E-state index contributed by atoms with van der Waals surface area (Å²) in [4.78, 5) is 14.0. The van der Waals surface area contributed by atoms with Crippen LogP contribution in [0.15, 0.2) is 99.9 Å². The maximum absolute atomic E-state index is 13.4. The van der Waals surface area contributed by atoms with E-state index in [2.05, 4.69) is 10.2 Å². The van der Waals surface area contributed by atoms with Gasteiger partial charge in [-0.2, -0.15) is 0 Å². The van der Waals surface area contributed by atoms with Gasteiger partial charge in [-0.05, 0) is 29.3 Å². The van der Waals surface area contributed by atoms with Gasteiger partial charge in [0.25, 0.3) is 5.56 Å². The first kappa shape index (κ1) is 18.3. The molecule has 1 aromatic heterocycles. The molecular weight excluding hydrogens is 394 g/mol. The molecule has 2 heterocycles. The summed E-state index contributed by atoms with van der Waals surface area (Å²) in [7, 11) is 0. The van der Waals surface area contributed by atoms with E-state index in [1.807, 2.05) is 66.7 Å². The number of thiazole rings is 1. The summed E-state index contributed by atoms with van der Waals surface area (Å²) >= 11 is 1.32. The normalized spacial score (nSPS) is 15.9. The molecule has 4 aromatic rings. The van der Waals surface area contributed by atoms with Crippen LogP contribution in [0.3, 0.4) is 0 Å². The molecule has 0 fully saturated rings. The molecule has 3 aromatic carbocycles. The largest absolute Gasteiger partial charge is 0.508 e. The number of aromatic nitrogens is 1. The first-order chi connectivity index (χ1) is 14.7. The average Bonchev–Trinajstić information content (AvgIpc) is 3.11. The number of aromatic hydroxyl groups is 1. The molecule has 1 atom stereocenters. The van der Waals surface area contributed by atoms with Crippen molar-refractivity contribution in [3.05, 3.63) is 121 Å². The Hall–Kier alpha value is -3.77. The van der Waals surface area contributed by atoms with E-state index in [1.165, 1.54) is 11.3 Å². The van der Waals surface area contributed by atoms with E-state index >= 15 is 0 Å². The fourth-order valence-electron chi connectivity index (χ4n) is 3.55. The van der Waals surface area contributed by atoms with E-state index in [1.54, 1.807) is 28.8 Å². The molecule has 0 saturated carbocycles. The van der Waals surface area contributed by atoms with E-state index < -0.39 is 0 Å². The Labute approximate surface area is 176 Å². The third-order valence-corrected chi connectivity index (χ3v) is 5.95. The van der Waals surface area contributed by atoms with Crippen molar-refractivity contribution in [1.82, 2.24) is 4.57 Å². The molecule has 30 heavy (non-hydrogen) atoms. The van der Waals surface area contributed by atoms with Crippen LogP contribution in [0.1, 0.15) is 22.7 Å². The summed E-state index contributed by atoms with van der Waals surface area (Å²) in [5.74, 6) is 0.189. The molecule has 0 radical (unpaired) electrons. The zero-order chi connectivity index (χ0) is 20.5. The number of hydrogen-bond acceptors (Lipinski definition) is 5. The highest BCUT2D eigenvalue weighted by molar-refractivity contribution is 7.07. The smallest absolute Gasteiger partial charge is 0.271 e. The zero-order valence-corrected chi connectivity index (χ0v) is 16.7. The number of rotatable bonds is 3. The Morgan fingerprint density at radius 2 is 1.53 bits per heavy atom. The molecule has 0 aliphatic carbocycles. The predicted octanol–water partition coefficient (Wildman–Crippen LogP) is 3.07. The van der Waals surface area contributed by atoms with Crippen molar-refractivity contribution in [3.8, 4) is 5.75 Å². The molecule has 146 valence electrons. The van der Waals surface area contributed by atoms with Gasteiger partial charge >= 0.3 is 0 Å². The topological polar surface area (TPSA) is 66.9 Å². The average molecular weight is 411 g/mol. The van der Waals surface area contributed by atoms with E-state index in [4.69, 9.17) is 0 Å². The van der Waals surface area contributed by atoms with E-state index in [-0.39, 0.29) is 17.4 Å². The van der Waals surface area contributed by atoms with E-state index in [9.17, 15) is 9.90 Å². The standard InChI is InChI=1S/C24H17N3O2S/c28-19-13-11-16(12-14-19)15-20-23(29)27-22(18-9-5-2-6-10-18)21(25-26-24(27)30-20)17-7-3-1-4-8-17/h1-15,22,28H/t22-/m0/s1. The molecule has 0 amide bonds. The molecule has 0 bridgehead atoms. The Kier molecular flexibility index (Phi) is 4.61. The van der Waals surface area contributed by atoms with Crippen molar-refractivity contribution in [3.63, 3.8) is 0 Å². The minimum atomic E-state index is -0.355. The molecule has 1 N–H and O–H groups in total. The summed E-state index contributed by atoms with van der Waals surface area (Å²) in [6, 6.07) is 26.1. The lowest BCUT2D eigenvalue weighted by Gasteiger charge is -2.22. The number of benzene rings is 3. The van der Waals surface area contributed by atoms with Crippen molar-refractivity contribution in [1.29, 1.82) is 0 Å². The summed E-state index contributed by atoms with van der Waals surface area (Å²) in [6.07, 6.45) is 1.82. The highest BCUT2D eigenvalue weighted by atomic mass is 32.1. The van der Waals surface area contributed by atoms with Gasteiger partial charge in [0, 0.05) is 5.56 Å². The van der Waals surface area contributed by atoms with Crippen molar-refractivity contribution >= 4 is 23.1 Å². The molecule has 5 rings (SSSR count). The maximum Gasteiger partial charge on any atom is 0.271 e. The van der Waals surface area contributed by atoms with Gasteiger partial charge in [0.05, 0.1) is 10.2 Å². The number of hydrogen-bond donors (Lipinski definition) is 1. The summed E-state index contributed by atoms with van der Waals surface area (Å²) in [5, 5.41) is 18.4. The molecule has 1 aliphatic rings. The number of fused-ring (bicyclic) bond motifs is 1. The molecule has 1 aliphatic heterocycles. The van der Waals surface area contributed by atoms with E-state index in [0.717, 1.165) is 22.4 Å². The van der Waals surface area contributed by atoms with Crippen LogP contribution < -0.4 is 14.9 Å². The van der Waals surface area contributed by atoms with Crippen LogP contribution in [-0.4, -0.2) is 15.4 Å². The van der Waals surface area contributed by atoms with Crippen LogP contribution in [0.2, 0.25) is 0 Å². The zero-order valence-electron chi connectivity index (χ0n) is 15.8. The number of nitrogens with zero attached hydrogens (tertiary/aromatic N) is 3. The maximum atomic E-state index is 13.4. The minimum absolute atomic E-state index is 0.107. The van der Waals surface area contributed by atoms with Gasteiger partial charge in [0.15, 0.2) is 0 Å². The Balaban J connectivity index is 1.72. The molecular formula is C24H17N3O2S. The van der Waals surface area contributed by atoms with Gasteiger partial charge < -0.3 is 5.11 Å². The van der Waals surface area contributed by atoms with Crippen molar-refractivity contribution in [2.45, 2.75) is 6.04 Å². The monoisotopic (exact) mass is 411 g/mol. The molecule has 5 nitrogen and oxygen atoms in total. The second-order valence-electron chi connectivity index (χ2n) is 6.92. The fourth-order valence-corrected chi connectivity index (χ4v) is 4.49. The lowest BCUT2D eigenvalue weighted by atomic mass is 9.96. The van der Waals surface area contributed by atoms with Crippen LogP contribution in [0.25, 0.3) is 6.08 Å². The quantitative estimate of drug-likeness (QED) is 0.563. The highest BCUT2D eigenvalue weighted by Crippen LogP contribution is 2.23. The molecule has 0 unspecified atom stereocenters. The lowest BCUT2D eigenvalue weighted by Crippen LogP contribution is -2.40. The van der Waals surface area contributed by atoms with Crippen molar-refractivity contribution in [2.24, 2.45) is 10.2 Å². The predicted molar refractivity (Wildman–Crippen MR) is 119 cm³/mol. The Morgan fingerprint density at radius 1 is 0.867 bits per heavy atom. The third-order valence-electron chi connectivity index (χ3n) is 4.97. The van der Waals surface area contributed by atoms with Gasteiger partial charge in [-0.15, -0.1) is 10.2 Å². The summed E-state index contributed by atoms with van der Waals surface area (Å²) in [5.41, 5.74) is 3.38. The van der Waals surface area contributed by atoms with Crippen LogP contribution in [-0.2, 0) is 0 Å². The second kappa shape index (κ2) is 7.57. The van der Waals surface area contributed by atoms with Gasteiger partial charge in [-0.3, -0.25) is 9.36 Å². The number of phenolic OH excluding ortho intramolecular Hbond substituents is 1. The molecule has 6 heteroatoms. The van der Waals surface area contributed by atoms with Crippen molar-refractivity contribution < 1.29 is 5.11 Å². The molecule has 0 saturated heterocycles. The van der Waals surface area contributed by atoms with Crippen LogP contribution in [0, 0.1) is 0 Å². The third kappa shape index (κ3) is 3.27. The number of phenols is 1. The van der Waals surface area contributed by atoms with E-state index in [0.29, 0.717) is 9.33 Å². The molecule has 0 spiro atoms.